The van der Waals surface area contributed by atoms with E-state index in [1.165, 1.54) is 23.5 Å². The second-order valence-corrected chi connectivity index (χ2v) is 10.2. The molecule has 3 rings (SSSR count). The number of amides is 3. The Labute approximate surface area is 167 Å². The molecule has 1 aliphatic rings. The number of halogens is 1. The molecule has 1 aliphatic heterocycles. The van der Waals surface area contributed by atoms with Crippen molar-refractivity contribution in [3.05, 3.63) is 50.1 Å². The standard InChI is InChI=1S/C16H14BrN3O5S2/c1-8(2)20-16(23)10-4-3-9(7-12(10)27(20,24)25)14(21)18-19-15(22)11-5-6-13(17)26-11/h3-8H,1-2H3,(H,18,21)(H,19,22). The molecule has 1 aromatic carbocycles. The molecule has 1 aromatic heterocycles. The van der Waals surface area contributed by atoms with Crippen molar-refractivity contribution in [2.24, 2.45) is 0 Å². The Hall–Kier alpha value is -2.24. The average molecular weight is 472 g/mol. The number of benzene rings is 1. The van der Waals surface area contributed by atoms with E-state index in [-0.39, 0.29) is 16.0 Å². The number of fused-ring (bicyclic) bond motifs is 1. The zero-order chi connectivity index (χ0) is 19.9. The third kappa shape index (κ3) is 3.49. The van der Waals surface area contributed by atoms with Gasteiger partial charge in [-0.05, 0) is 60.1 Å². The summed E-state index contributed by atoms with van der Waals surface area (Å²) in [7, 11) is -4.01. The molecule has 3 amide bonds. The van der Waals surface area contributed by atoms with E-state index in [1.807, 2.05) is 0 Å². The molecular formula is C16H14BrN3O5S2. The van der Waals surface area contributed by atoms with Crippen LogP contribution in [0.25, 0.3) is 0 Å². The van der Waals surface area contributed by atoms with E-state index in [1.54, 1.807) is 26.0 Å². The first-order valence-electron chi connectivity index (χ1n) is 7.71. The van der Waals surface area contributed by atoms with Crippen molar-refractivity contribution in [1.29, 1.82) is 0 Å². The van der Waals surface area contributed by atoms with Crippen molar-refractivity contribution in [3.8, 4) is 0 Å². The number of carbonyl (C=O) groups excluding carboxylic acids is 3. The van der Waals surface area contributed by atoms with E-state index in [9.17, 15) is 22.8 Å². The van der Waals surface area contributed by atoms with Crippen molar-refractivity contribution in [1.82, 2.24) is 15.2 Å². The Bertz CT molecular complexity index is 1060. The Balaban J connectivity index is 1.80. The fourth-order valence-electron chi connectivity index (χ4n) is 2.58. The van der Waals surface area contributed by atoms with Crippen LogP contribution in [0.1, 0.15) is 44.2 Å². The monoisotopic (exact) mass is 471 g/mol. The molecule has 0 radical (unpaired) electrons. The fraction of sp³-hybridized carbons (Fsp3) is 0.188. The third-order valence-corrected chi connectivity index (χ3v) is 7.39. The molecule has 0 aliphatic carbocycles. The molecule has 0 fully saturated rings. The second-order valence-electron chi connectivity index (χ2n) is 5.92. The van der Waals surface area contributed by atoms with Gasteiger partial charge in [-0.25, -0.2) is 12.7 Å². The molecule has 0 saturated carbocycles. The number of sulfonamides is 1. The maximum absolute atomic E-state index is 12.6. The maximum atomic E-state index is 12.6. The number of hydrogen-bond acceptors (Lipinski definition) is 6. The first-order valence-corrected chi connectivity index (χ1v) is 10.8. The van der Waals surface area contributed by atoms with Gasteiger partial charge in [-0.3, -0.25) is 25.2 Å². The summed E-state index contributed by atoms with van der Waals surface area (Å²) in [4.78, 5) is 36.7. The van der Waals surface area contributed by atoms with Gasteiger partial charge < -0.3 is 0 Å². The zero-order valence-electron chi connectivity index (χ0n) is 14.1. The third-order valence-electron chi connectivity index (χ3n) is 3.77. The van der Waals surface area contributed by atoms with E-state index in [2.05, 4.69) is 26.8 Å². The average Bonchev–Trinajstić information content (AvgIpc) is 3.12. The summed E-state index contributed by atoms with van der Waals surface area (Å²) in [6.07, 6.45) is 0. The van der Waals surface area contributed by atoms with Crippen molar-refractivity contribution < 1.29 is 22.8 Å². The summed E-state index contributed by atoms with van der Waals surface area (Å²) in [6, 6.07) is 6.50. The lowest BCUT2D eigenvalue weighted by Gasteiger charge is -2.18. The van der Waals surface area contributed by atoms with Crippen LogP contribution in [0.4, 0.5) is 0 Å². The van der Waals surface area contributed by atoms with Gasteiger partial charge in [0.1, 0.15) is 4.90 Å². The summed E-state index contributed by atoms with van der Waals surface area (Å²) in [6.45, 7) is 3.18. The van der Waals surface area contributed by atoms with Crippen molar-refractivity contribution in [2.75, 3.05) is 0 Å². The summed E-state index contributed by atoms with van der Waals surface area (Å²) in [5.74, 6) is -1.83. The van der Waals surface area contributed by atoms with Gasteiger partial charge in [-0.1, -0.05) is 0 Å². The van der Waals surface area contributed by atoms with E-state index in [4.69, 9.17) is 0 Å². The lowest BCUT2D eigenvalue weighted by atomic mass is 10.1. The number of hydrogen-bond donors (Lipinski definition) is 2. The van der Waals surface area contributed by atoms with Crippen LogP contribution < -0.4 is 10.9 Å². The van der Waals surface area contributed by atoms with Crippen LogP contribution in [-0.2, 0) is 10.0 Å². The molecular weight excluding hydrogens is 458 g/mol. The van der Waals surface area contributed by atoms with Crippen LogP contribution in [-0.4, -0.2) is 36.5 Å². The first-order chi connectivity index (χ1) is 12.6. The van der Waals surface area contributed by atoms with E-state index < -0.39 is 33.8 Å². The Kier molecular flexibility index (Phi) is 5.10. The number of carbonyl (C=O) groups is 3. The molecule has 8 nitrogen and oxygen atoms in total. The molecule has 0 bridgehead atoms. The SMILES string of the molecule is CC(C)N1C(=O)c2ccc(C(=O)NNC(=O)c3ccc(Br)s3)cc2S1(=O)=O. The van der Waals surface area contributed by atoms with Gasteiger partial charge in [-0.15, -0.1) is 11.3 Å². The highest BCUT2D eigenvalue weighted by molar-refractivity contribution is 9.11. The van der Waals surface area contributed by atoms with Gasteiger partial charge in [0.25, 0.3) is 27.7 Å². The van der Waals surface area contributed by atoms with E-state index in [0.717, 1.165) is 14.2 Å². The van der Waals surface area contributed by atoms with Gasteiger partial charge in [0.05, 0.1) is 14.2 Å². The summed E-state index contributed by atoms with van der Waals surface area (Å²) in [5.41, 5.74) is 4.51. The Morgan fingerprint density at radius 3 is 2.37 bits per heavy atom. The second kappa shape index (κ2) is 7.06. The lowest BCUT2D eigenvalue weighted by molar-refractivity contribution is 0.0844. The molecule has 142 valence electrons. The van der Waals surface area contributed by atoms with Gasteiger partial charge >= 0.3 is 0 Å². The Morgan fingerprint density at radius 2 is 1.78 bits per heavy atom. The minimum atomic E-state index is -4.01. The molecule has 0 atom stereocenters. The number of rotatable bonds is 3. The minimum absolute atomic E-state index is 0.00314. The molecule has 11 heteroatoms. The van der Waals surface area contributed by atoms with Crippen molar-refractivity contribution >= 4 is 55.0 Å². The minimum Gasteiger partial charge on any atom is -0.268 e. The van der Waals surface area contributed by atoms with Gasteiger partial charge in [0, 0.05) is 11.6 Å². The predicted molar refractivity (Wildman–Crippen MR) is 102 cm³/mol. The van der Waals surface area contributed by atoms with Crippen LogP contribution in [0.5, 0.6) is 0 Å². The maximum Gasteiger partial charge on any atom is 0.279 e. The quantitative estimate of drug-likeness (QED) is 0.665. The van der Waals surface area contributed by atoms with Gasteiger partial charge in [0.15, 0.2) is 0 Å². The first kappa shape index (κ1) is 19.5. The number of nitrogens with one attached hydrogen (secondary N) is 2. The molecule has 0 spiro atoms. The normalized spacial score (nSPS) is 15.0. The Morgan fingerprint density at radius 1 is 1.11 bits per heavy atom. The lowest BCUT2D eigenvalue weighted by Crippen LogP contribution is -2.41. The molecule has 2 heterocycles. The molecule has 0 saturated heterocycles. The summed E-state index contributed by atoms with van der Waals surface area (Å²) in [5, 5.41) is 0. The molecule has 2 N–H and O–H groups in total. The molecule has 27 heavy (non-hydrogen) atoms. The van der Waals surface area contributed by atoms with E-state index >= 15 is 0 Å². The fourth-order valence-corrected chi connectivity index (χ4v) is 5.66. The largest absolute Gasteiger partial charge is 0.279 e. The highest BCUT2D eigenvalue weighted by Crippen LogP contribution is 2.32. The smallest absolute Gasteiger partial charge is 0.268 e. The van der Waals surface area contributed by atoms with Crippen LogP contribution in [0, 0.1) is 0 Å². The van der Waals surface area contributed by atoms with E-state index in [0.29, 0.717) is 4.88 Å². The number of thiophene rings is 1. The van der Waals surface area contributed by atoms with Gasteiger partial charge in [0.2, 0.25) is 0 Å². The van der Waals surface area contributed by atoms with Crippen LogP contribution >= 0.6 is 27.3 Å². The highest BCUT2D eigenvalue weighted by Gasteiger charge is 2.42. The van der Waals surface area contributed by atoms with Gasteiger partial charge in [-0.2, -0.15) is 0 Å². The highest BCUT2D eigenvalue weighted by atomic mass is 79.9. The summed E-state index contributed by atoms with van der Waals surface area (Å²) < 4.78 is 26.7. The zero-order valence-corrected chi connectivity index (χ0v) is 17.4. The number of hydrazine groups is 1. The topological polar surface area (TPSA) is 113 Å². The van der Waals surface area contributed by atoms with Crippen LogP contribution in [0.3, 0.4) is 0 Å². The predicted octanol–water partition coefficient (Wildman–Crippen LogP) is 2.14. The van der Waals surface area contributed by atoms with Crippen LogP contribution in [0.2, 0.25) is 0 Å². The van der Waals surface area contributed by atoms with Crippen molar-refractivity contribution in [2.45, 2.75) is 24.8 Å². The van der Waals surface area contributed by atoms with Crippen LogP contribution in [0.15, 0.2) is 39.0 Å². The summed E-state index contributed by atoms with van der Waals surface area (Å²) >= 11 is 4.43. The molecule has 2 aromatic rings. The number of nitrogens with zero attached hydrogens (tertiary/aromatic N) is 1. The van der Waals surface area contributed by atoms with Crippen molar-refractivity contribution in [3.63, 3.8) is 0 Å². The molecule has 0 unspecified atom stereocenters.